The number of anilines is 1. The van der Waals surface area contributed by atoms with Gasteiger partial charge < -0.3 is 15.6 Å². The molecule has 11 nitrogen and oxygen atoms in total. The largest absolute Gasteiger partial charge is 0.403 e. The highest BCUT2D eigenvalue weighted by Crippen LogP contribution is 2.36. The van der Waals surface area contributed by atoms with E-state index in [0.717, 1.165) is 16.8 Å². The lowest BCUT2D eigenvalue weighted by Crippen LogP contribution is -2.62. The molecular formula is C24H25FN8O3. The number of nitrogens with two attached hydrogens (primary N) is 2. The van der Waals surface area contributed by atoms with Crippen molar-refractivity contribution in [3.8, 4) is 0 Å². The van der Waals surface area contributed by atoms with Crippen LogP contribution >= 0.6 is 0 Å². The van der Waals surface area contributed by atoms with Gasteiger partial charge in [-0.05, 0) is 5.56 Å². The number of nitrogens with one attached hydrogen (secondary N) is 1. The number of nitrogens with zero attached hydrogens (tertiary/aromatic N) is 5. The molecule has 2 amide bonds. The maximum atomic E-state index is 14.7. The molecule has 4 heterocycles. The second-order valence-electron chi connectivity index (χ2n) is 8.57. The van der Waals surface area contributed by atoms with E-state index in [2.05, 4.69) is 9.97 Å². The van der Waals surface area contributed by atoms with Crippen LogP contribution in [0.3, 0.4) is 0 Å². The first-order chi connectivity index (χ1) is 17.4. The molecule has 5 rings (SSSR count). The Bertz CT molecular complexity index is 1350. The summed E-state index contributed by atoms with van der Waals surface area (Å²) in [7, 11) is 0. The van der Waals surface area contributed by atoms with Crippen molar-refractivity contribution < 1.29 is 18.8 Å². The molecule has 0 spiro atoms. The van der Waals surface area contributed by atoms with Gasteiger partial charge in [0.05, 0.1) is 35.1 Å². The van der Waals surface area contributed by atoms with E-state index in [1.54, 1.807) is 5.01 Å². The van der Waals surface area contributed by atoms with Gasteiger partial charge in [-0.2, -0.15) is 0 Å². The first-order valence-corrected chi connectivity index (χ1v) is 11.4. The van der Waals surface area contributed by atoms with Crippen molar-refractivity contribution in [2.24, 2.45) is 11.6 Å². The van der Waals surface area contributed by atoms with Crippen LogP contribution in [0.1, 0.15) is 28.4 Å². The molecule has 36 heavy (non-hydrogen) atoms. The second-order valence-corrected chi connectivity index (χ2v) is 8.57. The Morgan fingerprint density at radius 1 is 1.17 bits per heavy atom. The predicted octanol–water partition coefficient (Wildman–Crippen LogP) is 1.03. The number of hydrogen-bond acceptors (Lipinski definition) is 8. The van der Waals surface area contributed by atoms with Gasteiger partial charge in [-0.25, -0.2) is 20.2 Å². The summed E-state index contributed by atoms with van der Waals surface area (Å²) < 4.78 is 14.7. The molecule has 2 fully saturated rings. The van der Waals surface area contributed by atoms with E-state index in [-0.39, 0.29) is 47.3 Å². The zero-order valence-corrected chi connectivity index (χ0v) is 19.3. The van der Waals surface area contributed by atoms with Crippen molar-refractivity contribution in [1.82, 2.24) is 24.9 Å². The minimum Gasteiger partial charge on any atom is -0.403 e. The average Bonchev–Trinajstić information content (AvgIpc) is 3.34. The fraction of sp³-hybridized carbons (Fsp3) is 0.250. The van der Waals surface area contributed by atoms with Gasteiger partial charge in [-0.15, -0.1) is 0 Å². The van der Waals surface area contributed by atoms with E-state index < -0.39 is 17.5 Å². The van der Waals surface area contributed by atoms with Gasteiger partial charge in [0.25, 0.3) is 11.7 Å². The third kappa shape index (κ3) is 3.95. The quantitative estimate of drug-likeness (QED) is 0.152. The molecule has 0 bridgehead atoms. The van der Waals surface area contributed by atoms with Crippen LogP contribution < -0.4 is 16.6 Å². The summed E-state index contributed by atoms with van der Waals surface area (Å²) in [5.74, 6) is 3.68. The van der Waals surface area contributed by atoms with Crippen molar-refractivity contribution in [2.75, 3.05) is 31.2 Å². The number of fused-ring (bicyclic) bond motifs is 1. The van der Waals surface area contributed by atoms with E-state index in [4.69, 9.17) is 11.6 Å². The number of hydrazine groups is 2. The Morgan fingerprint density at radius 3 is 2.56 bits per heavy atom. The van der Waals surface area contributed by atoms with Crippen LogP contribution in [-0.2, 0) is 9.59 Å². The van der Waals surface area contributed by atoms with E-state index >= 15 is 0 Å². The first-order valence-electron chi connectivity index (χ1n) is 11.4. The van der Waals surface area contributed by atoms with E-state index in [0.29, 0.717) is 19.5 Å². The number of carbonyl (C=O) groups excluding carboxylic acids is 3. The summed E-state index contributed by atoms with van der Waals surface area (Å²) >= 11 is 0. The Labute approximate surface area is 205 Å². The van der Waals surface area contributed by atoms with Gasteiger partial charge in [0, 0.05) is 44.8 Å². The number of ketones is 1. The lowest BCUT2D eigenvalue weighted by atomic mass is 9.96. The number of rotatable bonds is 6. The zero-order chi connectivity index (χ0) is 25.4. The number of H-pyrrole nitrogens is 1. The number of Topliss-reactive ketones (excluding diaryl/α,β-unsaturated/α-hetero) is 1. The van der Waals surface area contributed by atoms with Crippen molar-refractivity contribution in [2.45, 2.75) is 12.5 Å². The topological polar surface area (TPSA) is 145 Å². The summed E-state index contributed by atoms with van der Waals surface area (Å²) in [4.78, 5) is 46.7. The number of halogens is 1. The fourth-order valence-corrected chi connectivity index (χ4v) is 4.70. The number of piperazine rings is 1. The summed E-state index contributed by atoms with van der Waals surface area (Å²) in [5.41, 5.74) is 6.47. The Morgan fingerprint density at radius 2 is 1.89 bits per heavy atom. The molecule has 5 N–H and O–H groups in total. The molecule has 0 radical (unpaired) electrons. The molecule has 0 aliphatic carbocycles. The van der Waals surface area contributed by atoms with Crippen LogP contribution in [0.4, 0.5) is 10.2 Å². The van der Waals surface area contributed by atoms with Crippen LogP contribution in [0.15, 0.2) is 55.1 Å². The Kier molecular flexibility index (Phi) is 6.12. The standard InChI is InChI=1S/C24H25FN8O3/c25-17-14-29-23(32(27)7-6-26)21-20(17)16(13-28-21)22(35)24(36)30-8-10-31(11-9-30)33-18(12-19(33)34)15-4-2-1-3-5-15/h1-7,13-14,18,28H,8-12,26-27H2/b7-6-. The number of aromatic amines is 1. The minimum atomic E-state index is -0.842. The number of amides is 2. The highest BCUT2D eigenvalue weighted by Gasteiger charge is 2.42. The smallest absolute Gasteiger partial charge is 0.295 e. The van der Waals surface area contributed by atoms with Gasteiger partial charge in [-0.1, -0.05) is 30.3 Å². The Balaban J connectivity index is 1.30. The predicted molar refractivity (Wildman–Crippen MR) is 129 cm³/mol. The molecule has 1 aromatic carbocycles. The highest BCUT2D eigenvalue weighted by molar-refractivity contribution is 6.45. The summed E-state index contributed by atoms with van der Waals surface area (Å²) in [5, 5.41) is 4.65. The van der Waals surface area contributed by atoms with Crippen LogP contribution in [-0.4, -0.2) is 68.7 Å². The first kappa shape index (κ1) is 23.5. The molecule has 2 saturated heterocycles. The molecular weight excluding hydrogens is 467 g/mol. The number of β-lactam (4-membered cyclic amide) rings is 1. The third-order valence-corrected chi connectivity index (χ3v) is 6.52. The maximum absolute atomic E-state index is 14.7. The normalized spacial score (nSPS) is 18.6. The summed E-state index contributed by atoms with van der Waals surface area (Å²) in [6, 6.07) is 9.74. The molecule has 2 aliphatic rings. The number of carbonyl (C=O) groups is 3. The SMILES string of the molecule is N/C=C\N(N)c1ncc(F)c2c(C(=O)C(=O)N3CCN(N4C(=O)CC4c4ccccc4)CC3)c[nH]c12. The van der Waals surface area contributed by atoms with Crippen molar-refractivity contribution >= 4 is 34.3 Å². The molecule has 3 aromatic rings. The van der Waals surface area contributed by atoms with Gasteiger partial charge in [0.15, 0.2) is 11.6 Å². The van der Waals surface area contributed by atoms with Gasteiger partial charge in [-0.3, -0.25) is 24.4 Å². The number of aromatic nitrogens is 2. The van der Waals surface area contributed by atoms with Gasteiger partial charge >= 0.3 is 0 Å². The molecule has 12 heteroatoms. The zero-order valence-electron chi connectivity index (χ0n) is 19.3. The molecule has 0 saturated carbocycles. The maximum Gasteiger partial charge on any atom is 0.295 e. The summed E-state index contributed by atoms with van der Waals surface area (Å²) in [6.45, 7) is 1.31. The van der Waals surface area contributed by atoms with Crippen molar-refractivity contribution in [1.29, 1.82) is 0 Å². The molecule has 2 aromatic heterocycles. The van der Waals surface area contributed by atoms with Crippen LogP contribution in [0, 0.1) is 5.82 Å². The molecule has 2 aliphatic heterocycles. The number of hydrogen-bond donors (Lipinski definition) is 3. The van der Waals surface area contributed by atoms with Crippen molar-refractivity contribution in [3.05, 3.63) is 72.1 Å². The molecule has 1 unspecified atom stereocenters. The number of pyridine rings is 1. The number of benzene rings is 1. The second kappa shape index (κ2) is 9.40. The minimum absolute atomic E-state index is 0.0248. The van der Waals surface area contributed by atoms with Gasteiger partial charge in [0.1, 0.15) is 0 Å². The van der Waals surface area contributed by atoms with Crippen LogP contribution in [0.2, 0.25) is 0 Å². The summed E-state index contributed by atoms with van der Waals surface area (Å²) in [6.07, 6.45) is 5.15. The average molecular weight is 493 g/mol. The Hall–Kier alpha value is -4.29. The van der Waals surface area contributed by atoms with Gasteiger partial charge in [0.2, 0.25) is 5.91 Å². The highest BCUT2D eigenvalue weighted by atomic mass is 19.1. The van der Waals surface area contributed by atoms with E-state index in [1.807, 2.05) is 35.3 Å². The monoisotopic (exact) mass is 492 g/mol. The van der Waals surface area contributed by atoms with Crippen LogP contribution in [0.25, 0.3) is 10.9 Å². The molecule has 186 valence electrons. The lowest BCUT2D eigenvalue weighted by Gasteiger charge is -2.49. The van der Waals surface area contributed by atoms with E-state index in [1.165, 1.54) is 23.5 Å². The fourth-order valence-electron chi connectivity index (χ4n) is 4.70. The van der Waals surface area contributed by atoms with Crippen LogP contribution in [0.5, 0.6) is 0 Å². The third-order valence-electron chi connectivity index (χ3n) is 6.52. The molecule has 1 atom stereocenters. The van der Waals surface area contributed by atoms with Crippen molar-refractivity contribution in [3.63, 3.8) is 0 Å². The lowest BCUT2D eigenvalue weighted by molar-refractivity contribution is -0.182. The van der Waals surface area contributed by atoms with E-state index in [9.17, 15) is 18.8 Å².